The second kappa shape index (κ2) is 1.49. The Hall–Kier alpha value is 1.13. The second-order valence-electron chi connectivity index (χ2n) is 3.53. The molecule has 3 aliphatic rings. The van der Waals surface area contributed by atoms with E-state index in [0.717, 1.165) is 10.00 Å². The predicted molar refractivity (Wildman–Crippen MR) is 47.1 cm³/mol. The summed E-state index contributed by atoms with van der Waals surface area (Å²) in [5, 5.41) is 0. The molecule has 0 spiro atoms. The quantitative estimate of drug-likeness (QED) is 0.292. The van der Waals surface area contributed by atoms with Crippen LogP contribution in [0.5, 0.6) is 0 Å². The molecule has 0 aromatic heterocycles. The Balaban J connectivity index is 1.68. The van der Waals surface area contributed by atoms with E-state index < -0.39 is 0 Å². The van der Waals surface area contributed by atoms with Gasteiger partial charge in [0.25, 0.3) is 0 Å². The summed E-state index contributed by atoms with van der Waals surface area (Å²) in [6, 6.07) is 0. The van der Waals surface area contributed by atoms with Gasteiger partial charge in [-0.1, -0.05) is 0 Å². The Morgan fingerprint density at radius 2 is 2.22 bits per heavy atom. The van der Waals surface area contributed by atoms with E-state index in [0.29, 0.717) is 0 Å². The van der Waals surface area contributed by atoms with Crippen LogP contribution >= 0.6 is 27.5 Å². The summed E-state index contributed by atoms with van der Waals surface area (Å²) in [7, 11) is 6.75. The van der Waals surface area contributed by atoms with Crippen molar-refractivity contribution < 1.29 is 0 Å². The Morgan fingerprint density at radius 1 is 1.67 bits per heavy atom. The van der Waals surface area contributed by atoms with Gasteiger partial charge in [0, 0.05) is 0 Å². The molecule has 1 heterocycles. The van der Waals surface area contributed by atoms with Crippen LogP contribution < -0.4 is 0 Å². The summed E-state index contributed by atoms with van der Waals surface area (Å²) in [6.45, 7) is 0. The average Bonchev–Trinajstić information content (AvgIpc) is 2.51. The summed E-state index contributed by atoms with van der Waals surface area (Å²) in [5.74, 6) is 1.19. The molecule has 0 aromatic rings. The first-order chi connectivity index (χ1) is 4.30. The van der Waals surface area contributed by atoms with Crippen molar-refractivity contribution in [2.45, 2.75) is 23.8 Å². The molecular formula is C6H9PS2. The topological polar surface area (TPSA) is 0 Å². The van der Waals surface area contributed by atoms with Crippen LogP contribution in [0, 0.1) is 11.3 Å². The van der Waals surface area contributed by atoms with Gasteiger partial charge in [-0.05, 0) is 0 Å². The van der Waals surface area contributed by atoms with Crippen molar-refractivity contribution in [1.29, 1.82) is 0 Å². The zero-order valence-electron chi connectivity index (χ0n) is 5.08. The van der Waals surface area contributed by atoms with Crippen LogP contribution in [0.3, 0.4) is 0 Å². The van der Waals surface area contributed by atoms with E-state index >= 15 is 0 Å². The third kappa shape index (κ3) is 0.797. The van der Waals surface area contributed by atoms with Gasteiger partial charge in [-0.15, -0.1) is 0 Å². The first kappa shape index (κ1) is 5.74. The number of thiol groups is 1. The normalized spacial score (nSPS) is 66.8. The molecule has 0 amide bonds. The van der Waals surface area contributed by atoms with Crippen LogP contribution in [0.15, 0.2) is 0 Å². The van der Waals surface area contributed by atoms with Crippen molar-refractivity contribution in [1.82, 2.24) is 0 Å². The van der Waals surface area contributed by atoms with Gasteiger partial charge in [0.1, 0.15) is 0 Å². The maximum atomic E-state index is 4.46. The van der Waals surface area contributed by atoms with Crippen LogP contribution in [0.2, 0.25) is 0 Å². The summed E-state index contributed by atoms with van der Waals surface area (Å²) >= 11 is 0. The number of hydrogen-bond donors (Lipinski definition) is 1. The summed E-state index contributed by atoms with van der Waals surface area (Å²) in [6.07, 6.45) is 4.67. The van der Waals surface area contributed by atoms with E-state index in [1.807, 2.05) is 0 Å². The van der Waals surface area contributed by atoms with Gasteiger partial charge in [-0.25, -0.2) is 0 Å². The fraction of sp³-hybridized carbons (Fsp3) is 1.00. The van der Waals surface area contributed by atoms with E-state index in [-0.39, 0.29) is 8.90 Å². The molecule has 2 aliphatic carbocycles. The predicted octanol–water partition coefficient (Wildman–Crippen LogP) is 3.10. The molecule has 0 bridgehead atoms. The van der Waals surface area contributed by atoms with Gasteiger partial charge in [-0.2, -0.15) is 0 Å². The van der Waals surface area contributed by atoms with Gasteiger partial charge in [0.2, 0.25) is 0 Å². The molecule has 1 aliphatic heterocycles. The molecule has 2 unspecified atom stereocenters. The Morgan fingerprint density at radius 3 is 2.56 bits per heavy atom. The van der Waals surface area contributed by atoms with Crippen molar-refractivity contribution in [3.8, 4) is 0 Å². The van der Waals surface area contributed by atoms with Crippen molar-refractivity contribution in [3.63, 3.8) is 0 Å². The monoisotopic (exact) mass is 176 g/mol. The molecule has 1 saturated heterocycles. The fourth-order valence-electron chi connectivity index (χ4n) is 1.70. The van der Waals surface area contributed by atoms with E-state index in [1.54, 1.807) is 12.8 Å². The third-order valence-corrected chi connectivity index (χ3v) is 8.35. The molecule has 50 valence electrons. The Labute approximate surface area is 63.0 Å². The molecule has 3 fully saturated rings. The van der Waals surface area contributed by atoms with Gasteiger partial charge in [0.05, 0.1) is 0 Å². The Bertz CT molecular complexity index is 233. The molecular weight excluding hydrogens is 167 g/mol. The van der Waals surface area contributed by atoms with E-state index in [1.165, 1.54) is 12.3 Å². The van der Waals surface area contributed by atoms with Gasteiger partial charge in [-0.3, -0.25) is 0 Å². The third-order valence-electron chi connectivity index (χ3n) is 2.86. The molecule has 2 atom stereocenters. The van der Waals surface area contributed by atoms with E-state index in [4.69, 9.17) is 0 Å². The molecule has 0 radical (unpaired) electrons. The average molecular weight is 176 g/mol. The van der Waals surface area contributed by atoms with Crippen LogP contribution in [0.25, 0.3) is 0 Å². The van der Waals surface area contributed by atoms with Crippen molar-refractivity contribution in [3.05, 3.63) is 0 Å². The van der Waals surface area contributed by atoms with E-state index in [2.05, 4.69) is 18.6 Å². The first-order valence-corrected chi connectivity index (χ1v) is 7.50. The summed E-state index contributed by atoms with van der Waals surface area (Å²) in [4.78, 5) is 0. The molecule has 0 nitrogen and oxygen atoms in total. The van der Waals surface area contributed by atoms with Crippen LogP contribution in [0.1, 0.15) is 19.3 Å². The van der Waals surface area contributed by atoms with Gasteiger partial charge >= 0.3 is 62.7 Å². The summed E-state index contributed by atoms with van der Waals surface area (Å²) < 4.78 is 1.01. The van der Waals surface area contributed by atoms with Crippen LogP contribution in [-0.4, -0.2) is 4.58 Å². The molecule has 3 heteroatoms. The zero-order chi connectivity index (χ0) is 6.06. The van der Waals surface area contributed by atoms with Crippen molar-refractivity contribution >= 4 is 27.5 Å². The van der Waals surface area contributed by atoms with Crippen molar-refractivity contribution in [2.75, 3.05) is 0 Å². The fourth-order valence-corrected chi connectivity index (χ4v) is 6.21. The number of hydrogen-bond acceptors (Lipinski definition) is 1. The zero-order valence-corrected chi connectivity index (χ0v) is 7.68. The standard InChI is InChI=1S/C6H9PS2/c7-9-5(8-9)3-6-1-4(6)2-6/h4-5,9H,1-3H2. The maximum absolute atomic E-state index is 4.46. The first-order valence-electron chi connectivity index (χ1n) is 3.45. The van der Waals surface area contributed by atoms with Gasteiger partial charge in [0.15, 0.2) is 0 Å². The van der Waals surface area contributed by atoms with E-state index in [9.17, 15) is 0 Å². The van der Waals surface area contributed by atoms with Gasteiger partial charge < -0.3 is 0 Å². The summed E-state index contributed by atoms with van der Waals surface area (Å²) in [5.41, 5.74) is 0.928. The SMILES string of the molecule is P#[SH]1SC1CC12CC1C2. The molecule has 9 heavy (non-hydrogen) atoms. The molecule has 0 N–H and O–H groups in total. The van der Waals surface area contributed by atoms with Crippen molar-refractivity contribution in [2.24, 2.45) is 11.3 Å². The number of rotatable bonds is 2. The number of fused-ring (bicyclic) bond motifs is 1. The second-order valence-corrected chi connectivity index (χ2v) is 9.81. The minimum atomic E-state index is 0.180. The molecule has 0 aromatic carbocycles. The molecule has 2 saturated carbocycles. The Kier molecular flexibility index (Phi) is 0.950. The van der Waals surface area contributed by atoms with Crippen LogP contribution in [-0.2, 0) is 0 Å². The molecule has 3 rings (SSSR count). The minimum absolute atomic E-state index is 0.180. The van der Waals surface area contributed by atoms with Crippen LogP contribution in [0.4, 0.5) is 0 Å².